The Morgan fingerprint density at radius 1 is 1.00 bits per heavy atom. The number of anilines is 1. The van der Waals surface area contributed by atoms with E-state index in [9.17, 15) is 9.59 Å². The lowest BCUT2D eigenvalue weighted by Crippen LogP contribution is -2.31. The molecule has 1 aliphatic heterocycles. The van der Waals surface area contributed by atoms with E-state index in [1.165, 1.54) is 0 Å². The molecule has 1 amide bonds. The molecule has 0 bridgehead atoms. The maximum Gasteiger partial charge on any atom is 0.338 e. The zero-order valence-corrected chi connectivity index (χ0v) is 15.3. The van der Waals surface area contributed by atoms with Crippen LogP contribution >= 0.6 is 0 Å². The molecule has 1 atom stereocenters. The quantitative estimate of drug-likeness (QED) is 0.697. The van der Waals surface area contributed by atoms with E-state index in [4.69, 9.17) is 9.47 Å². The fourth-order valence-electron chi connectivity index (χ4n) is 3.09. The first kappa shape index (κ1) is 17.8. The van der Waals surface area contributed by atoms with Crippen LogP contribution in [-0.4, -0.2) is 24.6 Å². The Balaban J connectivity index is 1.45. The lowest BCUT2D eigenvalue weighted by atomic mass is 10.1. The van der Waals surface area contributed by atoms with Crippen molar-refractivity contribution >= 4 is 34.4 Å². The molecule has 5 heteroatoms. The monoisotopic (exact) mass is 373 g/mol. The van der Waals surface area contributed by atoms with Crippen molar-refractivity contribution in [3.8, 4) is 5.75 Å². The van der Waals surface area contributed by atoms with E-state index >= 15 is 0 Å². The maximum atomic E-state index is 12.5. The largest absolute Gasteiger partial charge is 0.488 e. The second-order valence-electron chi connectivity index (χ2n) is 6.56. The van der Waals surface area contributed by atoms with Gasteiger partial charge in [-0.1, -0.05) is 54.6 Å². The minimum atomic E-state index is -0.940. The molecule has 0 aliphatic carbocycles. The number of fused-ring (bicyclic) bond motifs is 2. The number of benzene rings is 3. The van der Waals surface area contributed by atoms with Gasteiger partial charge in [0.05, 0.1) is 5.57 Å². The number of carbonyl (C=O) groups excluding carboxylic acids is 2. The number of para-hydroxylation sites is 1. The van der Waals surface area contributed by atoms with Crippen molar-refractivity contribution in [3.05, 3.63) is 77.9 Å². The van der Waals surface area contributed by atoms with Crippen molar-refractivity contribution in [3.63, 3.8) is 0 Å². The third-order valence-electron chi connectivity index (χ3n) is 4.59. The summed E-state index contributed by atoms with van der Waals surface area (Å²) in [5.41, 5.74) is 1.87. The van der Waals surface area contributed by atoms with Crippen molar-refractivity contribution < 1.29 is 19.1 Å². The predicted octanol–water partition coefficient (Wildman–Crippen LogP) is 4.19. The molecule has 1 N–H and O–H groups in total. The van der Waals surface area contributed by atoms with Crippen LogP contribution in [0.2, 0.25) is 0 Å². The molecule has 28 heavy (non-hydrogen) atoms. The van der Waals surface area contributed by atoms with Crippen LogP contribution in [0.1, 0.15) is 12.5 Å². The lowest BCUT2D eigenvalue weighted by molar-refractivity contribution is -0.149. The molecule has 0 spiro atoms. The number of ether oxygens (including phenoxy) is 2. The molecule has 0 radical (unpaired) electrons. The second kappa shape index (κ2) is 7.56. The molecule has 0 aromatic heterocycles. The Labute approximate surface area is 162 Å². The molecule has 1 aliphatic rings. The van der Waals surface area contributed by atoms with Gasteiger partial charge in [-0.2, -0.15) is 0 Å². The first-order valence-electron chi connectivity index (χ1n) is 9.04. The summed E-state index contributed by atoms with van der Waals surface area (Å²) in [5, 5.41) is 4.79. The van der Waals surface area contributed by atoms with Gasteiger partial charge in [0.15, 0.2) is 6.10 Å². The number of hydrogen-bond donors (Lipinski definition) is 1. The second-order valence-corrected chi connectivity index (χ2v) is 6.56. The third-order valence-corrected chi connectivity index (χ3v) is 4.59. The van der Waals surface area contributed by atoms with E-state index in [1.54, 1.807) is 13.0 Å². The Morgan fingerprint density at radius 2 is 1.75 bits per heavy atom. The summed E-state index contributed by atoms with van der Waals surface area (Å²) < 4.78 is 10.9. The van der Waals surface area contributed by atoms with Crippen molar-refractivity contribution in [1.29, 1.82) is 0 Å². The van der Waals surface area contributed by atoms with Gasteiger partial charge in [0.2, 0.25) is 0 Å². The number of hydrogen-bond acceptors (Lipinski definition) is 4. The SMILES string of the molecule is C[C@@H](OC(=O)C1=Cc2ccccc2OC1)C(=O)Nc1cccc2ccccc12. The molecule has 0 unspecified atom stereocenters. The highest BCUT2D eigenvalue weighted by atomic mass is 16.6. The summed E-state index contributed by atoms with van der Waals surface area (Å²) in [6.07, 6.45) is 0.792. The van der Waals surface area contributed by atoms with Gasteiger partial charge in [0, 0.05) is 16.6 Å². The fourth-order valence-corrected chi connectivity index (χ4v) is 3.09. The Kier molecular flexibility index (Phi) is 4.81. The van der Waals surface area contributed by atoms with Crippen LogP contribution in [0.5, 0.6) is 5.75 Å². The summed E-state index contributed by atoms with van der Waals surface area (Å²) in [7, 11) is 0. The molecular formula is C23H19NO4. The van der Waals surface area contributed by atoms with Crippen molar-refractivity contribution in [2.75, 3.05) is 11.9 Å². The summed E-state index contributed by atoms with van der Waals surface area (Å²) in [4.78, 5) is 25.0. The summed E-state index contributed by atoms with van der Waals surface area (Å²) in [6.45, 7) is 1.67. The average molecular weight is 373 g/mol. The van der Waals surface area contributed by atoms with Crippen LogP contribution in [0.25, 0.3) is 16.8 Å². The number of amides is 1. The number of esters is 1. The molecule has 1 heterocycles. The maximum absolute atomic E-state index is 12.5. The molecule has 3 aromatic carbocycles. The molecule has 3 aromatic rings. The number of rotatable bonds is 4. The third kappa shape index (κ3) is 3.60. The highest BCUT2D eigenvalue weighted by Crippen LogP contribution is 2.26. The normalized spacial score (nSPS) is 13.7. The van der Waals surface area contributed by atoms with Crippen molar-refractivity contribution in [2.45, 2.75) is 13.0 Å². The van der Waals surface area contributed by atoms with E-state index in [0.29, 0.717) is 11.3 Å². The molecular weight excluding hydrogens is 354 g/mol. The van der Waals surface area contributed by atoms with Crippen LogP contribution in [-0.2, 0) is 14.3 Å². The first-order valence-corrected chi connectivity index (χ1v) is 9.04. The van der Waals surface area contributed by atoms with Crippen molar-refractivity contribution in [2.24, 2.45) is 0 Å². The minimum Gasteiger partial charge on any atom is -0.488 e. The fraction of sp³-hybridized carbons (Fsp3) is 0.130. The van der Waals surface area contributed by atoms with E-state index in [0.717, 1.165) is 22.1 Å². The Bertz CT molecular complexity index is 1080. The zero-order valence-electron chi connectivity index (χ0n) is 15.3. The lowest BCUT2D eigenvalue weighted by Gasteiger charge is -2.19. The van der Waals surface area contributed by atoms with Gasteiger partial charge >= 0.3 is 5.97 Å². The van der Waals surface area contributed by atoms with Gasteiger partial charge in [0.1, 0.15) is 12.4 Å². The van der Waals surface area contributed by atoms with Gasteiger partial charge in [-0.25, -0.2) is 4.79 Å². The van der Waals surface area contributed by atoms with E-state index in [1.807, 2.05) is 66.7 Å². The zero-order chi connectivity index (χ0) is 19.5. The highest BCUT2D eigenvalue weighted by Gasteiger charge is 2.23. The van der Waals surface area contributed by atoms with Crippen LogP contribution in [0, 0.1) is 0 Å². The van der Waals surface area contributed by atoms with E-state index in [-0.39, 0.29) is 12.5 Å². The molecule has 0 saturated carbocycles. The van der Waals surface area contributed by atoms with Gasteiger partial charge < -0.3 is 14.8 Å². The smallest absolute Gasteiger partial charge is 0.338 e. The molecule has 0 fully saturated rings. The molecule has 5 nitrogen and oxygen atoms in total. The number of nitrogens with one attached hydrogen (secondary N) is 1. The van der Waals surface area contributed by atoms with Gasteiger partial charge in [-0.3, -0.25) is 4.79 Å². The molecule has 4 rings (SSSR count). The van der Waals surface area contributed by atoms with Crippen LogP contribution < -0.4 is 10.1 Å². The van der Waals surface area contributed by atoms with Gasteiger partial charge in [-0.15, -0.1) is 0 Å². The van der Waals surface area contributed by atoms with Crippen LogP contribution in [0.15, 0.2) is 72.3 Å². The van der Waals surface area contributed by atoms with Crippen LogP contribution in [0.3, 0.4) is 0 Å². The molecule has 140 valence electrons. The van der Waals surface area contributed by atoms with Crippen molar-refractivity contribution in [1.82, 2.24) is 0 Å². The number of carbonyl (C=O) groups is 2. The summed E-state index contributed by atoms with van der Waals surface area (Å²) in [6, 6.07) is 20.9. The first-order chi connectivity index (χ1) is 13.6. The van der Waals surface area contributed by atoms with Gasteiger partial charge in [0.25, 0.3) is 5.91 Å². The Hall–Kier alpha value is -3.60. The topological polar surface area (TPSA) is 64.6 Å². The van der Waals surface area contributed by atoms with E-state index in [2.05, 4.69) is 5.32 Å². The van der Waals surface area contributed by atoms with Crippen LogP contribution in [0.4, 0.5) is 5.69 Å². The minimum absolute atomic E-state index is 0.119. The molecule has 0 saturated heterocycles. The average Bonchev–Trinajstić information content (AvgIpc) is 2.73. The summed E-state index contributed by atoms with van der Waals surface area (Å²) >= 11 is 0. The summed E-state index contributed by atoms with van der Waals surface area (Å²) in [5.74, 6) is -0.224. The van der Waals surface area contributed by atoms with E-state index < -0.39 is 12.1 Å². The highest BCUT2D eigenvalue weighted by molar-refractivity contribution is 6.04. The standard InChI is InChI=1S/C23H19NO4/c1-15(22(25)24-20-11-6-9-16-7-2-4-10-19(16)20)28-23(26)18-13-17-8-3-5-12-21(17)27-14-18/h2-13,15H,14H2,1H3,(H,24,25)/t15-/m1/s1. The Morgan fingerprint density at radius 3 is 2.64 bits per heavy atom. The van der Waals surface area contributed by atoms with Gasteiger partial charge in [-0.05, 0) is 30.5 Å². The predicted molar refractivity (Wildman–Crippen MR) is 108 cm³/mol.